The summed E-state index contributed by atoms with van der Waals surface area (Å²) in [6.45, 7) is 2.09. The van der Waals surface area contributed by atoms with Gasteiger partial charge in [0.15, 0.2) is 5.82 Å². The van der Waals surface area contributed by atoms with Crippen molar-refractivity contribution < 1.29 is 9.84 Å². The minimum Gasteiger partial charge on any atom is -0.396 e. The molecule has 0 spiro atoms. The molecule has 1 saturated heterocycles. The molecule has 0 aliphatic carbocycles. The maximum absolute atomic E-state index is 8.78. The van der Waals surface area contributed by atoms with Crippen molar-refractivity contribution in [3.8, 4) is 6.07 Å². The molecular weight excluding hydrogens is 244 g/mol. The van der Waals surface area contributed by atoms with Crippen molar-refractivity contribution in [2.45, 2.75) is 18.9 Å². The minimum atomic E-state index is 0.0599. The SMILES string of the molecule is N#Cc1cnc(N2CCC(OCCO)CC2)c(N)c1. The van der Waals surface area contributed by atoms with Gasteiger partial charge in [-0.2, -0.15) is 5.26 Å². The van der Waals surface area contributed by atoms with Gasteiger partial charge >= 0.3 is 0 Å². The first-order valence-corrected chi connectivity index (χ1v) is 6.37. The summed E-state index contributed by atoms with van der Waals surface area (Å²) in [4.78, 5) is 6.36. The minimum absolute atomic E-state index is 0.0599. The van der Waals surface area contributed by atoms with Crippen molar-refractivity contribution in [1.29, 1.82) is 5.26 Å². The molecule has 3 N–H and O–H groups in total. The van der Waals surface area contributed by atoms with Crippen LogP contribution < -0.4 is 10.6 Å². The fraction of sp³-hybridized carbons (Fsp3) is 0.538. The van der Waals surface area contributed by atoms with Crippen LogP contribution >= 0.6 is 0 Å². The highest BCUT2D eigenvalue weighted by Crippen LogP contribution is 2.25. The van der Waals surface area contributed by atoms with Crippen LogP contribution in [0.2, 0.25) is 0 Å². The molecule has 1 aliphatic rings. The Bertz CT molecular complexity index is 464. The van der Waals surface area contributed by atoms with Crippen molar-refractivity contribution in [1.82, 2.24) is 4.98 Å². The van der Waals surface area contributed by atoms with Crippen molar-refractivity contribution in [2.24, 2.45) is 0 Å². The number of nitrogen functional groups attached to an aromatic ring is 1. The largest absolute Gasteiger partial charge is 0.396 e. The quantitative estimate of drug-likeness (QED) is 0.821. The number of aromatic nitrogens is 1. The molecule has 1 fully saturated rings. The van der Waals surface area contributed by atoms with Crippen LogP contribution in [0.15, 0.2) is 12.3 Å². The molecule has 0 unspecified atom stereocenters. The van der Waals surface area contributed by atoms with Gasteiger partial charge in [-0.15, -0.1) is 0 Å². The number of ether oxygens (including phenoxy) is 1. The maximum Gasteiger partial charge on any atom is 0.151 e. The van der Waals surface area contributed by atoms with Crippen LogP contribution in [0.25, 0.3) is 0 Å². The molecule has 0 aromatic carbocycles. The van der Waals surface area contributed by atoms with E-state index in [0.29, 0.717) is 17.9 Å². The van der Waals surface area contributed by atoms with Gasteiger partial charge in [-0.05, 0) is 18.9 Å². The van der Waals surface area contributed by atoms with Crippen LogP contribution in [-0.2, 0) is 4.74 Å². The number of hydrogen-bond acceptors (Lipinski definition) is 6. The average Bonchev–Trinajstić information content (AvgIpc) is 2.45. The molecule has 2 rings (SSSR count). The number of aliphatic hydroxyl groups excluding tert-OH is 1. The van der Waals surface area contributed by atoms with Gasteiger partial charge in [0.25, 0.3) is 0 Å². The lowest BCUT2D eigenvalue weighted by molar-refractivity contribution is 0.0158. The van der Waals surface area contributed by atoms with Crippen molar-refractivity contribution >= 4 is 11.5 Å². The third-order valence-electron chi connectivity index (χ3n) is 3.21. The number of aliphatic hydroxyl groups is 1. The lowest BCUT2D eigenvalue weighted by atomic mass is 10.1. The summed E-state index contributed by atoms with van der Waals surface area (Å²) < 4.78 is 5.51. The van der Waals surface area contributed by atoms with Crippen LogP contribution in [-0.4, -0.2) is 42.5 Å². The Hall–Kier alpha value is -1.84. The summed E-state index contributed by atoms with van der Waals surface area (Å²) in [7, 11) is 0. The highest BCUT2D eigenvalue weighted by molar-refractivity contribution is 5.64. The van der Waals surface area contributed by atoms with Gasteiger partial charge in [0.2, 0.25) is 0 Å². The number of piperidine rings is 1. The lowest BCUT2D eigenvalue weighted by Crippen LogP contribution is -2.38. The molecular formula is C13H18N4O2. The van der Waals surface area contributed by atoms with Crippen LogP contribution in [0.3, 0.4) is 0 Å². The van der Waals surface area contributed by atoms with E-state index in [4.69, 9.17) is 20.8 Å². The zero-order valence-electron chi connectivity index (χ0n) is 10.7. The van der Waals surface area contributed by atoms with Crippen molar-refractivity contribution in [3.05, 3.63) is 17.8 Å². The van der Waals surface area contributed by atoms with E-state index in [1.54, 1.807) is 12.3 Å². The lowest BCUT2D eigenvalue weighted by Gasteiger charge is -2.33. The Kier molecular flexibility index (Phi) is 4.55. The second-order valence-corrected chi connectivity index (χ2v) is 4.53. The Balaban J connectivity index is 1.96. The average molecular weight is 262 g/mol. The van der Waals surface area contributed by atoms with Crippen LogP contribution in [0.1, 0.15) is 18.4 Å². The van der Waals surface area contributed by atoms with E-state index >= 15 is 0 Å². The standard InChI is InChI=1S/C13H18N4O2/c14-8-10-7-12(15)13(16-9-10)17-3-1-11(2-4-17)19-6-5-18/h7,9,11,18H,1-6,15H2. The molecule has 0 atom stereocenters. The van der Waals surface area contributed by atoms with E-state index in [-0.39, 0.29) is 12.7 Å². The summed E-state index contributed by atoms with van der Waals surface area (Å²) in [5, 5.41) is 17.5. The Morgan fingerprint density at radius 2 is 2.26 bits per heavy atom. The molecule has 1 aromatic rings. The highest BCUT2D eigenvalue weighted by Gasteiger charge is 2.21. The van der Waals surface area contributed by atoms with Gasteiger partial charge < -0.3 is 20.5 Å². The summed E-state index contributed by atoms with van der Waals surface area (Å²) >= 11 is 0. The predicted molar refractivity (Wildman–Crippen MR) is 71.6 cm³/mol. The zero-order chi connectivity index (χ0) is 13.7. The zero-order valence-corrected chi connectivity index (χ0v) is 10.7. The first-order valence-electron chi connectivity index (χ1n) is 6.37. The first kappa shape index (κ1) is 13.6. The summed E-state index contributed by atoms with van der Waals surface area (Å²) in [6.07, 6.45) is 3.52. The maximum atomic E-state index is 8.78. The van der Waals surface area contributed by atoms with Crippen LogP contribution in [0.4, 0.5) is 11.5 Å². The molecule has 1 aliphatic heterocycles. The van der Waals surface area contributed by atoms with Gasteiger partial charge in [-0.3, -0.25) is 0 Å². The number of rotatable bonds is 4. The fourth-order valence-electron chi connectivity index (χ4n) is 2.25. The summed E-state index contributed by atoms with van der Waals surface area (Å²) in [5.41, 5.74) is 6.93. The molecule has 2 heterocycles. The number of nitrogens with two attached hydrogens (primary N) is 1. The number of nitrogens with zero attached hydrogens (tertiary/aromatic N) is 3. The number of nitriles is 1. The van der Waals surface area contributed by atoms with Gasteiger partial charge in [-0.25, -0.2) is 4.98 Å². The smallest absolute Gasteiger partial charge is 0.151 e. The van der Waals surface area contributed by atoms with Gasteiger partial charge in [0, 0.05) is 19.3 Å². The number of hydrogen-bond donors (Lipinski definition) is 2. The summed E-state index contributed by atoms with van der Waals surface area (Å²) in [6, 6.07) is 3.67. The van der Waals surface area contributed by atoms with E-state index in [0.717, 1.165) is 31.7 Å². The number of pyridine rings is 1. The Morgan fingerprint density at radius 3 is 2.84 bits per heavy atom. The normalized spacial score (nSPS) is 16.3. The topological polar surface area (TPSA) is 95.4 Å². The van der Waals surface area contributed by atoms with Gasteiger partial charge in [0.05, 0.1) is 30.6 Å². The van der Waals surface area contributed by atoms with E-state index in [2.05, 4.69) is 9.88 Å². The Labute approximate surface area is 112 Å². The van der Waals surface area contributed by atoms with Crippen molar-refractivity contribution in [3.63, 3.8) is 0 Å². The monoisotopic (exact) mass is 262 g/mol. The molecule has 1 aromatic heterocycles. The molecule has 0 bridgehead atoms. The van der Waals surface area contributed by atoms with E-state index in [9.17, 15) is 0 Å². The molecule has 6 nitrogen and oxygen atoms in total. The predicted octanol–water partition coefficient (Wildman–Crippen LogP) is 0.513. The number of anilines is 2. The van der Waals surface area contributed by atoms with E-state index in [1.165, 1.54) is 0 Å². The molecule has 102 valence electrons. The fourth-order valence-corrected chi connectivity index (χ4v) is 2.25. The van der Waals surface area contributed by atoms with Crippen LogP contribution in [0.5, 0.6) is 0 Å². The second kappa shape index (κ2) is 6.36. The Morgan fingerprint density at radius 1 is 1.53 bits per heavy atom. The van der Waals surface area contributed by atoms with Gasteiger partial charge in [-0.1, -0.05) is 0 Å². The summed E-state index contributed by atoms with van der Waals surface area (Å²) in [5.74, 6) is 0.736. The molecule has 19 heavy (non-hydrogen) atoms. The van der Waals surface area contributed by atoms with Gasteiger partial charge in [0.1, 0.15) is 6.07 Å². The molecule has 0 saturated carbocycles. The third-order valence-corrected chi connectivity index (χ3v) is 3.21. The van der Waals surface area contributed by atoms with Crippen LogP contribution in [0, 0.1) is 11.3 Å². The van der Waals surface area contributed by atoms with Crippen molar-refractivity contribution in [2.75, 3.05) is 36.9 Å². The first-order chi connectivity index (χ1) is 9.24. The van der Waals surface area contributed by atoms with E-state index in [1.807, 2.05) is 6.07 Å². The second-order valence-electron chi connectivity index (χ2n) is 4.53. The molecule has 0 radical (unpaired) electrons. The third kappa shape index (κ3) is 3.34. The molecule has 0 amide bonds. The molecule has 6 heteroatoms. The van der Waals surface area contributed by atoms with E-state index < -0.39 is 0 Å². The highest BCUT2D eigenvalue weighted by atomic mass is 16.5.